The Morgan fingerprint density at radius 2 is 2.33 bits per heavy atom. The lowest BCUT2D eigenvalue weighted by atomic mass is 9.94. The quantitative estimate of drug-likeness (QED) is 0.746. The highest BCUT2D eigenvalue weighted by Crippen LogP contribution is 2.26. The number of piperidine rings is 1. The SMILES string of the molecule is CC1(O)CCCN(CC2CCCC2=O)C1. The fourth-order valence-corrected chi connectivity index (χ4v) is 2.87. The van der Waals surface area contributed by atoms with E-state index in [9.17, 15) is 9.90 Å². The normalized spacial score (nSPS) is 38.5. The lowest BCUT2D eigenvalue weighted by Gasteiger charge is -2.37. The van der Waals surface area contributed by atoms with Gasteiger partial charge in [-0.05, 0) is 39.2 Å². The molecule has 3 nitrogen and oxygen atoms in total. The summed E-state index contributed by atoms with van der Waals surface area (Å²) in [6.45, 7) is 4.54. The molecule has 0 aromatic carbocycles. The summed E-state index contributed by atoms with van der Waals surface area (Å²) in [4.78, 5) is 13.8. The minimum absolute atomic E-state index is 0.249. The molecule has 2 rings (SSSR count). The summed E-state index contributed by atoms with van der Waals surface area (Å²) in [5.41, 5.74) is -0.542. The van der Waals surface area contributed by atoms with Gasteiger partial charge in [-0.2, -0.15) is 0 Å². The molecule has 0 amide bonds. The molecule has 0 spiro atoms. The van der Waals surface area contributed by atoms with E-state index in [0.717, 1.165) is 51.7 Å². The van der Waals surface area contributed by atoms with Crippen molar-refractivity contribution in [2.75, 3.05) is 19.6 Å². The summed E-state index contributed by atoms with van der Waals surface area (Å²) in [5, 5.41) is 9.96. The molecule has 1 saturated carbocycles. The zero-order valence-electron chi connectivity index (χ0n) is 9.54. The van der Waals surface area contributed by atoms with Crippen molar-refractivity contribution >= 4 is 5.78 Å². The zero-order chi connectivity index (χ0) is 10.9. The van der Waals surface area contributed by atoms with Crippen molar-refractivity contribution in [2.45, 2.75) is 44.6 Å². The molecule has 86 valence electrons. The Morgan fingerprint density at radius 1 is 1.53 bits per heavy atom. The van der Waals surface area contributed by atoms with Gasteiger partial charge >= 0.3 is 0 Å². The first kappa shape index (κ1) is 11.1. The van der Waals surface area contributed by atoms with E-state index >= 15 is 0 Å². The van der Waals surface area contributed by atoms with Gasteiger partial charge in [-0.25, -0.2) is 0 Å². The first-order valence-electron chi connectivity index (χ1n) is 6.04. The van der Waals surface area contributed by atoms with Crippen molar-refractivity contribution in [1.29, 1.82) is 0 Å². The molecule has 0 aromatic heterocycles. The first-order chi connectivity index (χ1) is 7.07. The van der Waals surface area contributed by atoms with E-state index in [4.69, 9.17) is 0 Å². The van der Waals surface area contributed by atoms with Gasteiger partial charge in [0.25, 0.3) is 0 Å². The molecule has 1 saturated heterocycles. The molecule has 0 aromatic rings. The average molecular weight is 211 g/mol. The standard InChI is InChI=1S/C12H21NO2/c1-12(15)6-3-7-13(9-12)8-10-4-2-5-11(10)14/h10,15H,2-9H2,1H3. The summed E-state index contributed by atoms with van der Waals surface area (Å²) in [5.74, 6) is 0.680. The molecular weight excluding hydrogens is 190 g/mol. The van der Waals surface area contributed by atoms with Crippen molar-refractivity contribution in [3.8, 4) is 0 Å². The van der Waals surface area contributed by atoms with Crippen molar-refractivity contribution in [1.82, 2.24) is 4.90 Å². The third-order valence-electron chi connectivity index (χ3n) is 3.66. The number of carbonyl (C=O) groups is 1. The van der Waals surface area contributed by atoms with Crippen LogP contribution in [0.3, 0.4) is 0 Å². The molecule has 15 heavy (non-hydrogen) atoms. The molecular formula is C12H21NO2. The number of β-amino-alcohol motifs (C(OH)–C–C–N with tert-alkyl or cyclic N) is 1. The van der Waals surface area contributed by atoms with Crippen LogP contribution in [0.5, 0.6) is 0 Å². The molecule has 2 atom stereocenters. The van der Waals surface area contributed by atoms with E-state index in [1.807, 2.05) is 6.92 Å². The highest BCUT2D eigenvalue weighted by molar-refractivity contribution is 5.83. The smallest absolute Gasteiger partial charge is 0.137 e. The second-order valence-corrected chi connectivity index (χ2v) is 5.39. The van der Waals surface area contributed by atoms with Crippen LogP contribution >= 0.6 is 0 Å². The molecule has 0 radical (unpaired) electrons. The van der Waals surface area contributed by atoms with E-state index in [0.29, 0.717) is 5.78 Å². The van der Waals surface area contributed by atoms with Crippen LogP contribution in [0, 0.1) is 5.92 Å². The number of ketones is 1. The number of aliphatic hydroxyl groups is 1. The topological polar surface area (TPSA) is 40.5 Å². The van der Waals surface area contributed by atoms with E-state index in [-0.39, 0.29) is 5.92 Å². The van der Waals surface area contributed by atoms with E-state index in [1.54, 1.807) is 0 Å². The van der Waals surface area contributed by atoms with Crippen LogP contribution < -0.4 is 0 Å². The summed E-state index contributed by atoms with van der Waals surface area (Å²) >= 11 is 0. The largest absolute Gasteiger partial charge is 0.389 e. The number of Topliss-reactive ketones (excluding diaryl/α,β-unsaturated/α-hetero) is 1. The maximum atomic E-state index is 11.5. The average Bonchev–Trinajstić information content (AvgIpc) is 2.50. The Kier molecular flexibility index (Phi) is 3.12. The monoisotopic (exact) mass is 211 g/mol. The van der Waals surface area contributed by atoms with E-state index in [1.165, 1.54) is 0 Å². The van der Waals surface area contributed by atoms with Gasteiger partial charge in [-0.1, -0.05) is 0 Å². The van der Waals surface area contributed by atoms with Crippen LogP contribution in [0.25, 0.3) is 0 Å². The molecule has 1 heterocycles. The lowest BCUT2D eigenvalue weighted by Crippen LogP contribution is -2.47. The van der Waals surface area contributed by atoms with Gasteiger partial charge in [0.1, 0.15) is 5.78 Å². The van der Waals surface area contributed by atoms with Crippen molar-refractivity contribution in [3.05, 3.63) is 0 Å². The molecule has 2 fully saturated rings. The van der Waals surface area contributed by atoms with Crippen LogP contribution in [0.15, 0.2) is 0 Å². The zero-order valence-corrected chi connectivity index (χ0v) is 9.54. The predicted molar refractivity (Wildman–Crippen MR) is 58.6 cm³/mol. The van der Waals surface area contributed by atoms with Gasteiger partial charge in [0.15, 0.2) is 0 Å². The predicted octanol–water partition coefficient (Wildman–Crippen LogP) is 1.20. The maximum Gasteiger partial charge on any atom is 0.137 e. The Hall–Kier alpha value is -0.410. The highest BCUT2D eigenvalue weighted by atomic mass is 16.3. The molecule has 3 heteroatoms. The minimum atomic E-state index is -0.542. The molecule has 2 unspecified atom stereocenters. The number of rotatable bonds is 2. The molecule has 2 aliphatic rings. The van der Waals surface area contributed by atoms with Crippen molar-refractivity contribution < 1.29 is 9.90 Å². The van der Waals surface area contributed by atoms with Gasteiger partial charge in [0, 0.05) is 25.4 Å². The summed E-state index contributed by atoms with van der Waals surface area (Å²) in [7, 11) is 0. The fourth-order valence-electron chi connectivity index (χ4n) is 2.87. The summed E-state index contributed by atoms with van der Waals surface area (Å²) in [6.07, 6.45) is 4.83. The van der Waals surface area contributed by atoms with Crippen molar-refractivity contribution in [2.24, 2.45) is 5.92 Å². The third-order valence-corrected chi connectivity index (χ3v) is 3.66. The Bertz CT molecular complexity index is 250. The van der Waals surface area contributed by atoms with Crippen LogP contribution in [-0.2, 0) is 4.79 Å². The van der Waals surface area contributed by atoms with Crippen molar-refractivity contribution in [3.63, 3.8) is 0 Å². The Labute approximate surface area is 91.5 Å². The van der Waals surface area contributed by atoms with Crippen LogP contribution in [-0.4, -0.2) is 41.0 Å². The highest BCUT2D eigenvalue weighted by Gasteiger charge is 2.32. The molecule has 1 aliphatic heterocycles. The maximum absolute atomic E-state index is 11.5. The van der Waals surface area contributed by atoms with E-state index in [2.05, 4.69) is 4.90 Å². The lowest BCUT2D eigenvalue weighted by molar-refractivity contribution is -0.121. The first-order valence-corrected chi connectivity index (χ1v) is 6.04. The Balaban J connectivity index is 1.86. The molecule has 1 aliphatic carbocycles. The van der Waals surface area contributed by atoms with Gasteiger partial charge in [0.2, 0.25) is 0 Å². The number of carbonyl (C=O) groups excluding carboxylic acids is 1. The van der Waals surface area contributed by atoms with Gasteiger partial charge in [-0.15, -0.1) is 0 Å². The number of nitrogens with zero attached hydrogens (tertiary/aromatic N) is 1. The fraction of sp³-hybridized carbons (Fsp3) is 0.917. The van der Waals surface area contributed by atoms with Gasteiger partial charge in [0.05, 0.1) is 5.60 Å². The third kappa shape index (κ3) is 2.79. The summed E-state index contributed by atoms with van der Waals surface area (Å²) < 4.78 is 0. The second kappa shape index (κ2) is 4.22. The second-order valence-electron chi connectivity index (χ2n) is 5.39. The number of hydrogen-bond acceptors (Lipinski definition) is 3. The minimum Gasteiger partial charge on any atom is -0.389 e. The number of hydrogen-bond donors (Lipinski definition) is 1. The van der Waals surface area contributed by atoms with Crippen LogP contribution in [0.1, 0.15) is 39.0 Å². The van der Waals surface area contributed by atoms with Crippen LogP contribution in [0.2, 0.25) is 0 Å². The van der Waals surface area contributed by atoms with Gasteiger partial charge in [-0.3, -0.25) is 9.69 Å². The summed E-state index contributed by atoms with van der Waals surface area (Å²) in [6, 6.07) is 0. The number of likely N-dealkylation sites (tertiary alicyclic amines) is 1. The van der Waals surface area contributed by atoms with Crippen LogP contribution in [0.4, 0.5) is 0 Å². The van der Waals surface area contributed by atoms with Gasteiger partial charge < -0.3 is 5.11 Å². The molecule has 0 bridgehead atoms. The van der Waals surface area contributed by atoms with E-state index < -0.39 is 5.60 Å². The Morgan fingerprint density at radius 3 is 2.93 bits per heavy atom. The molecule has 1 N–H and O–H groups in total.